The molecule has 3 aromatic rings. The Labute approximate surface area is 170 Å². The minimum Gasteiger partial charge on any atom is -0.325 e. The molecule has 0 saturated carbocycles. The summed E-state index contributed by atoms with van der Waals surface area (Å²) in [6, 6.07) is 16.3. The van der Waals surface area contributed by atoms with Gasteiger partial charge in [0.15, 0.2) is 5.16 Å². The van der Waals surface area contributed by atoms with Crippen molar-refractivity contribution in [3.8, 4) is 0 Å². The summed E-state index contributed by atoms with van der Waals surface area (Å²) in [4.78, 5) is 12.7. The number of carbonyl (C=O) groups is 1. The number of aromatic nitrogens is 3. The first-order valence-electron chi connectivity index (χ1n) is 9.48. The highest BCUT2D eigenvalue weighted by molar-refractivity contribution is 8.00. The largest absolute Gasteiger partial charge is 0.325 e. The van der Waals surface area contributed by atoms with Crippen molar-refractivity contribution < 1.29 is 4.79 Å². The average Bonchev–Trinajstić information content (AvgIpc) is 3.06. The van der Waals surface area contributed by atoms with Crippen LogP contribution in [0.3, 0.4) is 0 Å². The highest BCUT2D eigenvalue weighted by Crippen LogP contribution is 2.25. The molecule has 0 aliphatic rings. The van der Waals surface area contributed by atoms with E-state index in [-0.39, 0.29) is 11.2 Å². The van der Waals surface area contributed by atoms with Gasteiger partial charge < -0.3 is 9.88 Å². The Balaban J connectivity index is 1.70. The van der Waals surface area contributed by atoms with Crippen molar-refractivity contribution in [1.29, 1.82) is 0 Å². The molecule has 146 valence electrons. The van der Waals surface area contributed by atoms with Crippen LogP contribution in [0.15, 0.2) is 53.7 Å². The van der Waals surface area contributed by atoms with Crippen LogP contribution < -0.4 is 5.32 Å². The van der Waals surface area contributed by atoms with E-state index in [1.54, 1.807) is 0 Å². The zero-order valence-electron chi connectivity index (χ0n) is 16.8. The van der Waals surface area contributed by atoms with E-state index in [4.69, 9.17) is 0 Å². The number of benzene rings is 2. The summed E-state index contributed by atoms with van der Waals surface area (Å²) in [5.41, 5.74) is 4.23. The molecular weight excluding hydrogens is 368 g/mol. The smallest absolute Gasteiger partial charge is 0.237 e. The summed E-state index contributed by atoms with van der Waals surface area (Å²) in [5, 5.41) is 12.2. The van der Waals surface area contributed by atoms with Gasteiger partial charge in [-0.25, -0.2) is 0 Å². The first-order valence-corrected chi connectivity index (χ1v) is 10.4. The molecule has 6 heteroatoms. The topological polar surface area (TPSA) is 59.8 Å². The first-order chi connectivity index (χ1) is 13.5. The first kappa shape index (κ1) is 20.1. The van der Waals surface area contributed by atoms with E-state index in [0.29, 0.717) is 0 Å². The van der Waals surface area contributed by atoms with Gasteiger partial charge >= 0.3 is 0 Å². The van der Waals surface area contributed by atoms with Crippen molar-refractivity contribution in [2.75, 3.05) is 5.32 Å². The number of hydrogen-bond acceptors (Lipinski definition) is 4. The third-order valence-electron chi connectivity index (χ3n) is 4.62. The average molecular weight is 395 g/mol. The van der Waals surface area contributed by atoms with E-state index in [2.05, 4.69) is 39.1 Å². The van der Waals surface area contributed by atoms with Crippen LogP contribution in [0.4, 0.5) is 5.69 Å². The van der Waals surface area contributed by atoms with Crippen LogP contribution in [0.1, 0.15) is 36.4 Å². The Bertz CT molecular complexity index is 952. The Morgan fingerprint density at radius 3 is 2.61 bits per heavy atom. The number of aryl methyl sites for hydroxylation is 2. The SMILES string of the molecule is CCn1c(Cc2ccccc2)nnc1S[C@@H](C)C(=O)Nc1cc(C)ccc1C. The van der Waals surface area contributed by atoms with Gasteiger partial charge in [-0.2, -0.15) is 0 Å². The lowest BCUT2D eigenvalue weighted by atomic mass is 10.1. The summed E-state index contributed by atoms with van der Waals surface area (Å²) < 4.78 is 2.08. The number of thioether (sulfide) groups is 1. The Morgan fingerprint density at radius 1 is 1.14 bits per heavy atom. The predicted octanol–water partition coefficient (Wildman–Crippen LogP) is 4.62. The molecule has 1 N–H and O–H groups in total. The maximum absolute atomic E-state index is 12.7. The van der Waals surface area contributed by atoms with Crippen molar-refractivity contribution in [2.45, 2.75) is 51.1 Å². The summed E-state index contributed by atoms with van der Waals surface area (Å²) in [6.45, 7) is 8.75. The molecule has 5 nitrogen and oxygen atoms in total. The molecular formula is C22H26N4OS. The molecule has 1 heterocycles. The normalized spacial score (nSPS) is 12.0. The molecule has 0 spiro atoms. The second-order valence-electron chi connectivity index (χ2n) is 6.87. The summed E-state index contributed by atoms with van der Waals surface area (Å²) in [7, 11) is 0. The van der Waals surface area contributed by atoms with Gasteiger partial charge in [-0.1, -0.05) is 54.2 Å². The molecule has 0 unspecified atom stereocenters. The van der Waals surface area contributed by atoms with E-state index in [0.717, 1.165) is 40.8 Å². The van der Waals surface area contributed by atoms with Crippen LogP contribution in [0.2, 0.25) is 0 Å². The Hall–Kier alpha value is -2.60. The standard InChI is InChI=1S/C22H26N4OS/c1-5-26-20(14-18-9-7-6-8-10-18)24-25-22(26)28-17(4)21(27)23-19-13-15(2)11-12-16(19)3/h6-13,17H,5,14H2,1-4H3,(H,23,27)/t17-/m0/s1. The van der Waals surface area contributed by atoms with Crippen molar-refractivity contribution >= 4 is 23.4 Å². The summed E-state index contributed by atoms with van der Waals surface area (Å²) >= 11 is 1.44. The van der Waals surface area contributed by atoms with Crippen molar-refractivity contribution in [1.82, 2.24) is 14.8 Å². The van der Waals surface area contributed by atoms with Crippen molar-refractivity contribution in [3.63, 3.8) is 0 Å². The lowest BCUT2D eigenvalue weighted by Crippen LogP contribution is -2.23. The molecule has 2 aromatic carbocycles. The van der Waals surface area contributed by atoms with Crippen molar-refractivity contribution in [3.05, 3.63) is 71.0 Å². The van der Waals surface area contributed by atoms with E-state index in [9.17, 15) is 4.79 Å². The maximum atomic E-state index is 12.7. The highest BCUT2D eigenvalue weighted by atomic mass is 32.2. The van der Waals surface area contributed by atoms with Crippen LogP contribution in [-0.4, -0.2) is 25.9 Å². The van der Waals surface area contributed by atoms with Gasteiger partial charge in [0.2, 0.25) is 5.91 Å². The molecule has 0 saturated heterocycles. The summed E-state index contributed by atoms with van der Waals surface area (Å²) in [5.74, 6) is 0.882. The molecule has 1 atom stereocenters. The Kier molecular flexibility index (Phi) is 6.52. The number of hydrogen-bond donors (Lipinski definition) is 1. The number of nitrogens with zero attached hydrogens (tertiary/aromatic N) is 3. The fraction of sp³-hybridized carbons (Fsp3) is 0.318. The molecule has 28 heavy (non-hydrogen) atoms. The number of amides is 1. The molecule has 0 aliphatic carbocycles. The second-order valence-corrected chi connectivity index (χ2v) is 8.18. The molecule has 0 radical (unpaired) electrons. The van der Waals surface area contributed by atoms with E-state index in [1.807, 2.05) is 57.2 Å². The lowest BCUT2D eigenvalue weighted by Gasteiger charge is -2.14. The van der Waals surface area contributed by atoms with E-state index in [1.165, 1.54) is 17.3 Å². The van der Waals surface area contributed by atoms with Crippen LogP contribution in [0, 0.1) is 13.8 Å². The van der Waals surface area contributed by atoms with Crippen LogP contribution in [0.25, 0.3) is 0 Å². The molecule has 1 amide bonds. The monoisotopic (exact) mass is 394 g/mol. The molecule has 0 aliphatic heterocycles. The lowest BCUT2D eigenvalue weighted by molar-refractivity contribution is -0.115. The van der Waals surface area contributed by atoms with Gasteiger partial charge in [-0.15, -0.1) is 10.2 Å². The number of anilines is 1. The minimum atomic E-state index is -0.279. The van der Waals surface area contributed by atoms with Gasteiger partial charge in [0, 0.05) is 18.7 Å². The van der Waals surface area contributed by atoms with Gasteiger partial charge in [0.25, 0.3) is 0 Å². The fourth-order valence-electron chi connectivity index (χ4n) is 2.95. The molecule has 1 aromatic heterocycles. The third-order valence-corrected chi connectivity index (χ3v) is 5.70. The van der Waals surface area contributed by atoms with Gasteiger partial charge in [-0.05, 0) is 50.5 Å². The molecule has 3 rings (SSSR count). The second kappa shape index (κ2) is 9.06. The molecule has 0 fully saturated rings. The fourth-order valence-corrected chi connectivity index (χ4v) is 3.88. The van der Waals surface area contributed by atoms with Crippen LogP contribution >= 0.6 is 11.8 Å². The zero-order chi connectivity index (χ0) is 20.1. The van der Waals surface area contributed by atoms with Crippen LogP contribution in [0.5, 0.6) is 0 Å². The number of rotatable bonds is 7. The summed E-state index contributed by atoms with van der Waals surface area (Å²) in [6.07, 6.45) is 0.727. The molecule has 0 bridgehead atoms. The number of nitrogens with one attached hydrogen (secondary N) is 1. The van der Waals surface area contributed by atoms with Gasteiger partial charge in [-0.3, -0.25) is 4.79 Å². The van der Waals surface area contributed by atoms with E-state index >= 15 is 0 Å². The number of carbonyl (C=O) groups excluding carboxylic acids is 1. The third kappa shape index (κ3) is 4.81. The van der Waals surface area contributed by atoms with Gasteiger partial charge in [0.05, 0.1) is 5.25 Å². The van der Waals surface area contributed by atoms with Crippen molar-refractivity contribution in [2.24, 2.45) is 0 Å². The quantitative estimate of drug-likeness (QED) is 0.594. The Morgan fingerprint density at radius 2 is 1.89 bits per heavy atom. The zero-order valence-corrected chi connectivity index (χ0v) is 17.6. The predicted molar refractivity (Wildman–Crippen MR) is 115 cm³/mol. The minimum absolute atomic E-state index is 0.0334. The van der Waals surface area contributed by atoms with E-state index < -0.39 is 0 Å². The van der Waals surface area contributed by atoms with Crippen LogP contribution in [-0.2, 0) is 17.8 Å². The van der Waals surface area contributed by atoms with Gasteiger partial charge in [0.1, 0.15) is 5.82 Å². The highest BCUT2D eigenvalue weighted by Gasteiger charge is 2.20. The maximum Gasteiger partial charge on any atom is 0.237 e.